The highest BCUT2D eigenvalue weighted by atomic mass is 16.3. The molecule has 2 bridgehead atoms. The maximum absolute atomic E-state index is 9.33. The normalized spacial score (nSPS) is 29.1. The summed E-state index contributed by atoms with van der Waals surface area (Å²) < 4.78 is 0. The van der Waals surface area contributed by atoms with E-state index >= 15 is 0 Å². The second-order valence-electron chi connectivity index (χ2n) is 6.14. The van der Waals surface area contributed by atoms with Gasteiger partial charge in [0.2, 0.25) is 0 Å². The van der Waals surface area contributed by atoms with Gasteiger partial charge in [-0.25, -0.2) is 0 Å². The number of nitrogens with zero attached hydrogens (tertiary/aromatic N) is 1. The standard InChI is InChI=1S/C16H24N2O/c1-12(10-13-2-6-16(19)7-3-13)18-9-8-14-4-5-15(11-18)17-14/h2-3,6-7,12,14-15,17,19H,4-5,8-11H2,1H3. The van der Waals surface area contributed by atoms with E-state index in [1.807, 2.05) is 12.1 Å². The van der Waals surface area contributed by atoms with Gasteiger partial charge in [-0.2, -0.15) is 0 Å². The van der Waals surface area contributed by atoms with E-state index in [9.17, 15) is 5.11 Å². The summed E-state index contributed by atoms with van der Waals surface area (Å²) in [5.74, 6) is 0.354. The molecule has 3 heteroatoms. The average molecular weight is 260 g/mol. The Kier molecular flexibility index (Phi) is 3.76. The fourth-order valence-corrected chi connectivity index (χ4v) is 3.47. The van der Waals surface area contributed by atoms with Crippen LogP contribution in [-0.2, 0) is 6.42 Å². The average Bonchev–Trinajstić information content (AvgIpc) is 2.71. The summed E-state index contributed by atoms with van der Waals surface area (Å²) in [5.41, 5.74) is 1.31. The summed E-state index contributed by atoms with van der Waals surface area (Å²) in [7, 11) is 0. The van der Waals surface area contributed by atoms with Crippen molar-refractivity contribution < 1.29 is 5.11 Å². The Morgan fingerprint density at radius 2 is 1.95 bits per heavy atom. The third kappa shape index (κ3) is 3.10. The molecule has 3 rings (SSSR count). The molecule has 2 N–H and O–H groups in total. The molecule has 1 aromatic carbocycles. The van der Waals surface area contributed by atoms with Crippen molar-refractivity contribution in [2.75, 3.05) is 13.1 Å². The number of benzene rings is 1. The highest BCUT2D eigenvalue weighted by molar-refractivity contribution is 5.26. The van der Waals surface area contributed by atoms with E-state index in [2.05, 4.69) is 17.1 Å². The SMILES string of the molecule is CC(Cc1ccc(O)cc1)N1CCC2CCC(C1)N2. The van der Waals surface area contributed by atoms with Crippen LogP contribution < -0.4 is 5.32 Å². The number of aromatic hydroxyl groups is 1. The first-order valence-corrected chi connectivity index (χ1v) is 7.49. The lowest BCUT2D eigenvalue weighted by molar-refractivity contribution is 0.197. The van der Waals surface area contributed by atoms with Crippen LogP contribution >= 0.6 is 0 Å². The fraction of sp³-hybridized carbons (Fsp3) is 0.625. The molecule has 19 heavy (non-hydrogen) atoms. The van der Waals surface area contributed by atoms with Crippen LogP contribution in [0.25, 0.3) is 0 Å². The minimum atomic E-state index is 0.354. The van der Waals surface area contributed by atoms with Crippen molar-refractivity contribution in [3.8, 4) is 5.75 Å². The van der Waals surface area contributed by atoms with E-state index in [1.54, 1.807) is 12.1 Å². The molecule has 0 radical (unpaired) electrons. The number of nitrogens with one attached hydrogen (secondary N) is 1. The van der Waals surface area contributed by atoms with E-state index in [-0.39, 0.29) is 0 Å². The van der Waals surface area contributed by atoms with Crippen molar-refractivity contribution in [2.24, 2.45) is 0 Å². The van der Waals surface area contributed by atoms with Crippen molar-refractivity contribution in [3.05, 3.63) is 29.8 Å². The highest BCUT2D eigenvalue weighted by Gasteiger charge is 2.30. The van der Waals surface area contributed by atoms with Crippen molar-refractivity contribution in [1.82, 2.24) is 10.2 Å². The van der Waals surface area contributed by atoms with Gasteiger partial charge in [0.25, 0.3) is 0 Å². The van der Waals surface area contributed by atoms with E-state index in [1.165, 1.54) is 37.9 Å². The van der Waals surface area contributed by atoms with Gasteiger partial charge in [-0.05, 0) is 56.8 Å². The van der Waals surface area contributed by atoms with Crippen LogP contribution in [0, 0.1) is 0 Å². The monoisotopic (exact) mass is 260 g/mol. The molecule has 3 nitrogen and oxygen atoms in total. The predicted molar refractivity (Wildman–Crippen MR) is 77.4 cm³/mol. The van der Waals surface area contributed by atoms with E-state index in [4.69, 9.17) is 0 Å². The quantitative estimate of drug-likeness (QED) is 0.874. The molecule has 0 aromatic heterocycles. The number of fused-ring (bicyclic) bond motifs is 2. The Balaban J connectivity index is 1.60. The number of rotatable bonds is 3. The van der Waals surface area contributed by atoms with Crippen LogP contribution in [0.3, 0.4) is 0 Å². The Labute approximate surface area is 115 Å². The van der Waals surface area contributed by atoms with Crippen LogP contribution in [0.1, 0.15) is 31.7 Å². The van der Waals surface area contributed by atoms with Gasteiger partial charge in [-0.1, -0.05) is 12.1 Å². The van der Waals surface area contributed by atoms with E-state index in [0.717, 1.165) is 12.5 Å². The molecular weight excluding hydrogens is 236 g/mol. The van der Waals surface area contributed by atoms with Crippen LogP contribution in [0.2, 0.25) is 0 Å². The molecule has 104 valence electrons. The second kappa shape index (κ2) is 5.51. The van der Waals surface area contributed by atoms with Gasteiger partial charge in [-0.15, -0.1) is 0 Å². The largest absolute Gasteiger partial charge is 0.508 e. The topological polar surface area (TPSA) is 35.5 Å². The lowest BCUT2D eigenvalue weighted by Crippen LogP contribution is -2.41. The lowest BCUT2D eigenvalue weighted by Gasteiger charge is -2.30. The molecular formula is C16H24N2O. The molecule has 0 saturated carbocycles. The summed E-state index contributed by atoms with van der Waals surface area (Å²) in [4.78, 5) is 2.63. The zero-order valence-corrected chi connectivity index (χ0v) is 11.7. The molecule has 3 atom stereocenters. The predicted octanol–water partition coefficient (Wildman–Crippen LogP) is 2.15. The van der Waals surface area contributed by atoms with Crippen molar-refractivity contribution in [1.29, 1.82) is 0 Å². The van der Waals surface area contributed by atoms with Gasteiger partial charge < -0.3 is 10.4 Å². The minimum Gasteiger partial charge on any atom is -0.508 e. The smallest absolute Gasteiger partial charge is 0.115 e. The Morgan fingerprint density at radius 3 is 2.74 bits per heavy atom. The Morgan fingerprint density at radius 1 is 1.21 bits per heavy atom. The van der Waals surface area contributed by atoms with E-state index in [0.29, 0.717) is 17.8 Å². The molecule has 2 fully saturated rings. The zero-order chi connectivity index (χ0) is 13.2. The summed E-state index contributed by atoms with van der Waals surface area (Å²) >= 11 is 0. The third-order valence-corrected chi connectivity index (χ3v) is 4.65. The highest BCUT2D eigenvalue weighted by Crippen LogP contribution is 2.22. The lowest BCUT2D eigenvalue weighted by atomic mass is 10.0. The maximum atomic E-state index is 9.33. The number of phenols is 1. The van der Waals surface area contributed by atoms with Crippen LogP contribution in [0.5, 0.6) is 5.75 Å². The zero-order valence-electron chi connectivity index (χ0n) is 11.7. The minimum absolute atomic E-state index is 0.354. The van der Waals surface area contributed by atoms with Crippen molar-refractivity contribution >= 4 is 0 Å². The first-order valence-electron chi connectivity index (χ1n) is 7.49. The molecule has 0 amide bonds. The molecule has 2 heterocycles. The molecule has 3 unspecified atom stereocenters. The Bertz CT molecular complexity index is 417. The van der Waals surface area contributed by atoms with Gasteiger partial charge in [0.15, 0.2) is 0 Å². The number of likely N-dealkylation sites (tertiary alicyclic amines) is 1. The molecule has 0 spiro atoms. The summed E-state index contributed by atoms with van der Waals surface area (Å²) in [6.07, 6.45) is 5.06. The van der Waals surface area contributed by atoms with Crippen LogP contribution in [0.15, 0.2) is 24.3 Å². The summed E-state index contributed by atoms with van der Waals surface area (Å²) in [5, 5.41) is 13.1. The summed E-state index contributed by atoms with van der Waals surface area (Å²) in [6, 6.07) is 9.68. The number of phenolic OH excluding ortho intramolecular Hbond substituents is 1. The molecule has 0 aliphatic carbocycles. The van der Waals surface area contributed by atoms with Gasteiger partial charge >= 0.3 is 0 Å². The van der Waals surface area contributed by atoms with Crippen molar-refractivity contribution in [2.45, 2.75) is 50.7 Å². The first-order chi connectivity index (χ1) is 9.20. The van der Waals surface area contributed by atoms with Gasteiger partial charge in [-0.3, -0.25) is 4.90 Å². The molecule has 2 saturated heterocycles. The van der Waals surface area contributed by atoms with Gasteiger partial charge in [0.1, 0.15) is 5.75 Å². The third-order valence-electron chi connectivity index (χ3n) is 4.65. The van der Waals surface area contributed by atoms with Gasteiger partial charge in [0.05, 0.1) is 0 Å². The molecule has 2 aliphatic rings. The molecule has 1 aromatic rings. The maximum Gasteiger partial charge on any atom is 0.115 e. The first kappa shape index (κ1) is 12.9. The van der Waals surface area contributed by atoms with Gasteiger partial charge in [0, 0.05) is 24.7 Å². The van der Waals surface area contributed by atoms with Crippen LogP contribution in [-0.4, -0.2) is 41.2 Å². The Hall–Kier alpha value is -1.06. The number of hydrogen-bond donors (Lipinski definition) is 2. The molecule has 2 aliphatic heterocycles. The van der Waals surface area contributed by atoms with E-state index < -0.39 is 0 Å². The fourth-order valence-electron chi connectivity index (χ4n) is 3.47. The summed E-state index contributed by atoms with van der Waals surface area (Å²) in [6.45, 7) is 4.73. The van der Waals surface area contributed by atoms with Crippen LogP contribution in [0.4, 0.5) is 0 Å². The number of hydrogen-bond acceptors (Lipinski definition) is 3. The second-order valence-corrected chi connectivity index (χ2v) is 6.14. The van der Waals surface area contributed by atoms with Crippen molar-refractivity contribution in [3.63, 3.8) is 0 Å².